The number of hydrogen-bond donors (Lipinski definition) is 2. The summed E-state index contributed by atoms with van der Waals surface area (Å²) in [4.78, 5) is 54.6. The van der Waals surface area contributed by atoms with Crippen LogP contribution in [0.5, 0.6) is 11.5 Å². The van der Waals surface area contributed by atoms with Crippen molar-refractivity contribution in [3.63, 3.8) is 0 Å². The number of amides is 2. The van der Waals surface area contributed by atoms with E-state index in [9.17, 15) is 19.2 Å². The zero-order valence-corrected chi connectivity index (χ0v) is 29.8. The summed E-state index contributed by atoms with van der Waals surface area (Å²) < 4.78 is 26.0. The highest BCUT2D eigenvalue weighted by Gasteiger charge is 2.38. The van der Waals surface area contributed by atoms with Crippen molar-refractivity contribution in [2.75, 3.05) is 32.8 Å². The van der Waals surface area contributed by atoms with Gasteiger partial charge in [-0.25, -0.2) is 9.59 Å². The molecule has 0 saturated heterocycles. The van der Waals surface area contributed by atoms with Crippen LogP contribution in [-0.4, -0.2) is 69.1 Å². The van der Waals surface area contributed by atoms with Gasteiger partial charge in [-0.15, -0.1) is 0 Å². The molecule has 3 rings (SSSR count). The lowest BCUT2D eigenvalue weighted by Gasteiger charge is -2.35. The summed E-state index contributed by atoms with van der Waals surface area (Å²) in [5.41, 5.74) is 0.0360. The fourth-order valence-corrected chi connectivity index (χ4v) is 5.03. The summed E-state index contributed by atoms with van der Waals surface area (Å²) in [7, 11) is 4.22. The van der Waals surface area contributed by atoms with E-state index in [1.165, 1.54) is 21.3 Å². The van der Waals surface area contributed by atoms with Gasteiger partial charge in [0.1, 0.15) is 23.7 Å². The predicted molar refractivity (Wildman–Crippen MR) is 185 cm³/mol. The number of nitrogens with zero attached hydrogens (tertiary/aromatic N) is 1. The van der Waals surface area contributed by atoms with Crippen molar-refractivity contribution in [3.05, 3.63) is 88.4 Å². The Labute approximate surface area is 291 Å². The van der Waals surface area contributed by atoms with Crippen LogP contribution in [0.4, 0.5) is 15.3 Å². The number of methoxy groups -OCH3 is 3. The van der Waals surface area contributed by atoms with Crippen LogP contribution in [-0.2, 0) is 32.1 Å². The fourth-order valence-electron chi connectivity index (χ4n) is 4.79. The molecule has 0 radical (unpaired) electrons. The molecule has 0 aliphatic heterocycles. The highest BCUT2D eigenvalue weighted by Crippen LogP contribution is 2.33. The van der Waals surface area contributed by atoms with Gasteiger partial charge in [0.05, 0.1) is 37.6 Å². The first-order valence-corrected chi connectivity index (χ1v) is 15.8. The smallest absolute Gasteiger partial charge is 0.497 e. The van der Waals surface area contributed by atoms with E-state index >= 15 is 0 Å². The molecular formula is C36H44ClN3O9. The van der Waals surface area contributed by atoms with E-state index in [2.05, 4.69) is 15.4 Å². The Morgan fingerprint density at radius 3 is 2.22 bits per heavy atom. The Balaban J connectivity index is 2.11. The zero-order valence-electron chi connectivity index (χ0n) is 29.0. The van der Waals surface area contributed by atoms with Gasteiger partial charge in [0, 0.05) is 30.3 Å². The van der Waals surface area contributed by atoms with E-state index in [1.54, 1.807) is 106 Å². The molecule has 0 fully saturated rings. The van der Waals surface area contributed by atoms with Crippen LogP contribution in [0, 0.1) is 0 Å². The van der Waals surface area contributed by atoms with Crippen LogP contribution in [0.1, 0.15) is 56.1 Å². The van der Waals surface area contributed by atoms with Crippen LogP contribution < -0.4 is 25.0 Å². The Morgan fingerprint density at radius 1 is 0.878 bits per heavy atom. The third kappa shape index (κ3) is 11.3. The second-order valence-electron chi connectivity index (χ2n) is 12.7. The maximum absolute atomic E-state index is 14.6. The molecule has 2 amide bonds. The average molecular weight is 698 g/mol. The SMILES string of the molecule is COC(=O)OCC(C)(C)NC(=O)[C@H](C(=O)c1cccc(CNC(=O)OC(C)(C)C)c1)N(Cc1ccc(OC)cc1OC)c1ccccc1Cl. The number of halogens is 1. The summed E-state index contributed by atoms with van der Waals surface area (Å²) in [6.45, 7) is 8.40. The maximum atomic E-state index is 14.6. The second kappa shape index (κ2) is 16.9. The molecule has 0 spiro atoms. The zero-order chi connectivity index (χ0) is 36.4. The molecule has 0 bridgehead atoms. The van der Waals surface area contributed by atoms with Crippen molar-refractivity contribution >= 4 is 41.2 Å². The minimum atomic E-state index is -1.49. The number of rotatable bonds is 14. The number of anilines is 1. The summed E-state index contributed by atoms with van der Waals surface area (Å²) >= 11 is 6.72. The van der Waals surface area contributed by atoms with Gasteiger partial charge >= 0.3 is 12.2 Å². The van der Waals surface area contributed by atoms with E-state index in [4.69, 9.17) is 30.5 Å². The number of Topliss-reactive ketones (excluding diaryl/α,β-unsaturated/α-hetero) is 1. The van der Waals surface area contributed by atoms with Crippen molar-refractivity contribution in [2.45, 2.75) is 64.9 Å². The largest absolute Gasteiger partial charge is 0.508 e. The topological polar surface area (TPSA) is 142 Å². The van der Waals surface area contributed by atoms with Crippen molar-refractivity contribution in [1.82, 2.24) is 10.6 Å². The summed E-state index contributed by atoms with van der Waals surface area (Å²) in [6.07, 6.45) is -1.53. The van der Waals surface area contributed by atoms with Crippen molar-refractivity contribution in [2.24, 2.45) is 0 Å². The van der Waals surface area contributed by atoms with Crippen LogP contribution in [0.15, 0.2) is 66.7 Å². The summed E-state index contributed by atoms with van der Waals surface area (Å²) in [6, 6.07) is 17.2. The monoisotopic (exact) mass is 697 g/mol. The first kappa shape index (κ1) is 38.5. The molecule has 13 heteroatoms. The number of para-hydroxylation sites is 1. The molecule has 0 heterocycles. The number of ether oxygens (including phenoxy) is 5. The van der Waals surface area contributed by atoms with Crippen LogP contribution in [0.25, 0.3) is 0 Å². The van der Waals surface area contributed by atoms with Gasteiger partial charge in [0.25, 0.3) is 5.91 Å². The van der Waals surface area contributed by atoms with Crippen LogP contribution >= 0.6 is 11.6 Å². The van der Waals surface area contributed by atoms with E-state index in [0.717, 1.165) is 0 Å². The summed E-state index contributed by atoms with van der Waals surface area (Å²) in [5.74, 6) is -0.230. The van der Waals surface area contributed by atoms with Gasteiger partial charge in [-0.05, 0) is 70.5 Å². The molecule has 264 valence electrons. The van der Waals surface area contributed by atoms with E-state index in [0.29, 0.717) is 33.3 Å². The van der Waals surface area contributed by atoms with Crippen molar-refractivity contribution in [1.29, 1.82) is 0 Å². The lowest BCUT2D eigenvalue weighted by atomic mass is 9.97. The molecule has 3 aromatic carbocycles. The quantitative estimate of drug-likeness (QED) is 0.112. The molecule has 0 aliphatic rings. The molecular weight excluding hydrogens is 654 g/mol. The van der Waals surface area contributed by atoms with Gasteiger partial charge in [0.15, 0.2) is 11.8 Å². The normalized spacial score (nSPS) is 11.9. The van der Waals surface area contributed by atoms with Crippen molar-refractivity contribution in [3.8, 4) is 11.5 Å². The van der Waals surface area contributed by atoms with E-state index < -0.39 is 41.1 Å². The number of carbonyl (C=O) groups excluding carboxylic acids is 4. The molecule has 3 aromatic rings. The Kier molecular flexibility index (Phi) is 13.3. The van der Waals surface area contributed by atoms with E-state index in [1.807, 2.05) is 0 Å². The van der Waals surface area contributed by atoms with Crippen molar-refractivity contribution < 1.29 is 42.9 Å². The highest BCUT2D eigenvalue weighted by molar-refractivity contribution is 6.33. The standard InChI is InChI=1S/C36H44ClN3O9/c1-35(2,3)49-33(43)38-20-23-12-11-13-24(18-23)31(41)30(32(42)39-36(4,5)22-48-34(44)47-8)40(28-15-10-9-14-27(28)37)21-25-16-17-26(45-6)19-29(25)46-7/h9-19,30H,20-22H2,1-8H3,(H,38,43)(H,39,42)/t30-/m0/s1. The lowest BCUT2D eigenvalue weighted by Crippen LogP contribution is -2.58. The highest BCUT2D eigenvalue weighted by atomic mass is 35.5. The predicted octanol–water partition coefficient (Wildman–Crippen LogP) is 6.32. The van der Waals surface area contributed by atoms with Gasteiger partial charge in [-0.2, -0.15) is 0 Å². The maximum Gasteiger partial charge on any atom is 0.508 e. The molecule has 12 nitrogen and oxygen atoms in total. The fraction of sp³-hybridized carbons (Fsp3) is 0.389. The minimum absolute atomic E-state index is 0.0136. The molecule has 0 aliphatic carbocycles. The molecule has 0 saturated carbocycles. The van der Waals surface area contributed by atoms with Gasteiger partial charge in [0.2, 0.25) is 0 Å². The molecule has 2 N–H and O–H groups in total. The third-order valence-electron chi connectivity index (χ3n) is 7.03. The Bertz CT molecular complexity index is 1640. The second-order valence-corrected chi connectivity index (χ2v) is 13.1. The number of benzene rings is 3. The Morgan fingerprint density at radius 2 is 1.59 bits per heavy atom. The van der Waals surface area contributed by atoms with E-state index in [-0.39, 0.29) is 25.3 Å². The Hall–Kier alpha value is -4.97. The van der Waals surface area contributed by atoms with Gasteiger partial charge in [-0.3, -0.25) is 9.59 Å². The third-order valence-corrected chi connectivity index (χ3v) is 7.35. The van der Waals surface area contributed by atoms with Gasteiger partial charge < -0.3 is 39.2 Å². The number of alkyl carbamates (subject to hydrolysis) is 1. The molecule has 0 unspecified atom stereocenters. The number of nitrogens with one attached hydrogen (secondary N) is 2. The minimum Gasteiger partial charge on any atom is -0.497 e. The van der Waals surface area contributed by atoms with Crippen LogP contribution in [0.3, 0.4) is 0 Å². The van der Waals surface area contributed by atoms with Crippen LogP contribution in [0.2, 0.25) is 5.02 Å². The first-order chi connectivity index (χ1) is 23.1. The molecule has 49 heavy (non-hydrogen) atoms. The lowest BCUT2D eigenvalue weighted by molar-refractivity contribution is -0.123. The van der Waals surface area contributed by atoms with Gasteiger partial charge in [-0.1, -0.05) is 41.9 Å². The molecule has 0 aromatic heterocycles. The average Bonchev–Trinajstić information content (AvgIpc) is 3.05. The number of carbonyl (C=O) groups is 4. The number of hydrogen-bond acceptors (Lipinski definition) is 10. The number of ketones is 1. The summed E-state index contributed by atoms with van der Waals surface area (Å²) in [5, 5.41) is 5.85. The first-order valence-electron chi connectivity index (χ1n) is 15.4. The molecule has 1 atom stereocenters.